The van der Waals surface area contributed by atoms with E-state index < -0.39 is 83.3 Å². The number of amides is 4. The van der Waals surface area contributed by atoms with Crippen molar-refractivity contribution in [3.63, 3.8) is 0 Å². The molecule has 3 aromatic rings. The average molecular weight is 990 g/mol. The van der Waals surface area contributed by atoms with Crippen LogP contribution in [0.2, 0.25) is 0 Å². The van der Waals surface area contributed by atoms with E-state index in [0.717, 1.165) is 5.69 Å². The summed E-state index contributed by atoms with van der Waals surface area (Å²) in [5, 5.41) is 18.3. The number of hydrogen-bond donors (Lipinski definition) is 13. The van der Waals surface area contributed by atoms with E-state index in [2.05, 4.69) is 50.9 Å². The van der Waals surface area contributed by atoms with Crippen molar-refractivity contribution in [2.24, 2.45) is 78.8 Å². The van der Waals surface area contributed by atoms with Crippen LogP contribution in [-0.2, 0) is 52.8 Å². The summed E-state index contributed by atoms with van der Waals surface area (Å²) >= 11 is 0. The molecule has 25 nitrogen and oxygen atoms in total. The Kier molecular flexibility index (Phi) is 24.2. The standard InChI is InChI=1S/C46H71N17O8/c1-26(16-32-22-54-24-59-32)41(69)61-27(2)37(65)20-30(17-28-9-11-34(64)12-10-28)42(70)62-36(8-5-15-58-46(52)53)39(67)21-31(18-33-23-55-25-60-33)43(71)63-35(7-4-14-57-45(50)51)38(66)19-29(40(47)68)6-3-13-56-44(48)49/h9-12,22-27,29-31,35-36,64H,3-8,13-21H2,1-2H3,(H2,47,68)(H,54,59)(H,55,60)(H,61,69)(H,62,70)(H,63,71)(H4,48,49,56)(H4,50,51,57)(H4,52,53,58)/t26-,27-,29+,30+,31+,35-,36-/m0/s1. The van der Waals surface area contributed by atoms with Gasteiger partial charge in [-0.05, 0) is 69.6 Å². The minimum atomic E-state index is -1.22. The number of carbonyl (C=O) groups is 7. The van der Waals surface area contributed by atoms with Crippen molar-refractivity contribution < 1.29 is 38.7 Å². The van der Waals surface area contributed by atoms with E-state index in [4.69, 9.17) is 40.1 Å². The molecule has 0 radical (unpaired) electrons. The molecule has 0 saturated carbocycles. The quantitative estimate of drug-likeness (QED) is 0.0181. The Labute approximate surface area is 411 Å². The number of primary amides is 1. The fraction of sp³-hybridized carbons (Fsp3) is 0.522. The zero-order valence-electron chi connectivity index (χ0n) is 40.3. The van der Waals surface area contributed by atoms with Crippen molar-refractivity contribution in [3.05, 3.63) is 66.3 Å². The summed E-state index contributed by atoms with van der Waals surface area (Å²) in [6.45, 7) is 3.64. The van der Waals surface area contributed by atoms with Crippen molar-refractivity contribution in [2.75, 3.05) is 19.6 Å². The van der Waals surface area contributed by atoms with E-state index in [1.807, 2.05) is 0 Å². The molecular weight excluding hydrogens is 919 g/mol. The zero-order chi connectivity index (χ0) is 52.5. The van der Waals surface area contributed by atoms with E-state index in [1.165, 1.54) is 37.9 Å². The van der Waals surface area contributed by atoms with Gasteiger partial charge in [-0.3, -0.25) is 48.5 Å². The van der Waals surface area contributed by atoms with Gasteiger partial charge in [-0.25, -0.2) is 9.97 Å². The summed E-state index contributed by atoms with van der Waals surface area (Å²) in [6.07, 6.45) is 6.27. The van der Waals surface area contributed by atoms with Crippen LogP contribution >= 0.6 is 0 Å². The first kappa shape index (κ1) is 57.5. The number of nitrogens with one attached hydrogen (secondary N) is 5. The number of rotatable bonds is 34. The van der Waals surface area contributed by atoms with Crippen molar-refractivity contribution in [1.29, 1.82) is 0 Å². The van der Waals surface area contributed by atoms with Crippen LogP contribution in [0.4, 0.5) is 0 Å². The van der Waals surface area contributed by atoms with Crippen LogP contribution in [-0.4, -0.2) is 122 Å². The number of ketones is 3. The fourth-order valence-corrected chi connectivity index (χ4v) is 7.64. The van der Waals surface area contributed by atoms with Crippen molar-refractivity contribution >= 4 is 58.9 Å². The van der Waals surface area contributed by atoms with Crippen molar-refractivity contribution in [1.82, 2.24) is 35.9 Å². The third kappa shape index (κ3) is 22.0. The number of guanidine groups is 3. The predicted octanol–water partition coefficient (Wildman–Crippen LogP) is -1.65. The van der Waals surface area contributed by atoms with E-state index >= 15 is 0 Å². The van der Waals surface area contributed by atoms with Gasteiger partial charge in [0.25, 0.3) is 0 Å². The first-order valence-corrected chi connectivity index (χ1v) is 23.4. The van der Waals surface area contributed by atoms with E-state index in [0.29, 0.717) is 24.1 Å². The number of aromatic amines is 2. The average Bonchev–Trinajstić information content (AvgIpc) is 4.04. The Hall–Kier alpha value is -7.86. The molecule has 388 valence electrons. The summed E-state index contributed by atoms with van der Waals surface area (Å²) < 4.78 is 0. The number of hydrogen-bond acceptors (Lipinski definition) is 13. The number of nitrogens with zero attached hydrogens (tertiary/aromatic N) is 5. The van der Waals surface area contributed by atoms with Gasteiger partial charge in [0.05, 0.1) is 36.7 Å². The second-order valence-electron chi connectivity index (χ2n) is 17.5. The van der Waals surface area contributed by atoms with Gasteiger partial charge in [-0.15, -0.1) is 0 Å². The van der Waals surface area contributed by atoms with Gasteiger partial charge in [-0.1, -0.05) is 19.1 Å². The first-order valence-electron chi connectivity index (χ1n) is 23.4. The lowest BCUT2D eigenvalue weighted by molar-refractivity contribution is -0.135. The molecule has 7 atom stereocenters. The Bertz CT molecular complexity index is 2270. The Morgan fingerprint density at radius 2 is 1.00 bits per heavy atom. The lowest BCUT2D eigenvalue weighted by Crippen LogP contribution is -2.48. The Morgan fingerprint density at radius 3 is 1.45 bits per heavy atom. The molecule has 25 heteroatoms. The predicted molar refractivity (Wildman–Crippen MR) is 265 cm³/mol. The molecule has 1 aromatic carbocycles. The molecule has 2 aromatic heterocycles. The molecule has 2 heterocycles. The highest BCUT2D eigenvalue weighted by Crippen LogP contribution is 2.21. The fourth-order valence-electron chi connectivity index (χ4n) is 7.64. The highest BCUT2D eigenvalue weighted by atomic mass is 16.3. The number of phenolic OH excluding ortho intramolecular Hbond substituents is 1. The minimum absolute atomic E-state index is 0.0139. The number of aromatic nitrogens is 4. The maximum absolute atomic E-state index is 14.5. The van der Waals surface area contributed by atoms with Crippen LogP contribution in [0, 0.1) is 23.7 Å². The molecule has 0 aliphatic rings. The molecule has 20 N–H and O–H groups in total. The molecule has 0 saturated heterocycles. The number of aromatic hydroxyl groups is 1. The number of carbonyl (C=O) groups excluding carboxylic acids is 7. The molecule has 0 bridgehead atoms. The van der Waals surface area contributed by atoms with E-state index in [-0.39, 0.29) is 107 Å². The first-order chi connectivity index (χ1) is 33.7. The summed E-state index contributed by atoms with van der Waals surface area (Å²) in [6, 6.07) is 2.70. The smallest absolute Gasteiger partial charge is 0.224 e. The molecule has 4 amide bonds. The van der Waals surface area contributed by atoms with Gasteiger partial charge in [0, 0.05) is 93.3 Å². The van der Waals surface area contributed by atoms with Gasteiger partial charge in [0.1, 0.15) is 5.75 Å². The lowest BCUT2D eigenvalue weighted by Gasteiger charge is -2.26. The highest BCUT2D eigenvalue weighted by Gasteiger charge is 2.34. The lowest BCUT2D eigenvalue weighted by atomic mass is 9.88. The number of benzene rings is 1. The molecule has 0 fully saturated rings. The van der Waals surface area contributed by atoms with Crippen LogP contribution in [0.5, 0.6) is 5.75 Å². The van der Waals surface area contributed by atoms with Gasteiger partial charge < -0.3 is 71.2 Å². The van der Waals surface area contributed by atoms with Crippen LogP contribution in [0.3, 0.4) is 0 Å². The molecule has 71 heavy (non-hydrogen) atoms. The monoisotopic (exact) mass is 990 g/mol. The van der Waals surface area contributed by atoms with E-state index in [9.17, 15) is 38.7 Å². The van der Waals surface area contributed by atoms with Gasteiger partial charge in [0.2, 0.25) is 23.6 Å². The van der Waals surface area contributed by atoms with Crippen LogP contribution in [0.1, 0.15) is 88.6 Å². The molecule has 0 unspecified atom stereocenters. The number of aliphatic imine (C=N–C) groups is 3. The summed E-state index contributed by atoms with van der Waals surface area (Å²) in [4.78, 5) is 122. The number of phenols is 1. The molecular formula is C46H71N17O8. The van der Waals surface area contributed by atoms with Crippen LogP contribution in [0.15, 0.2) is 64.3 Å². The summed E-state index contributed by atoms with van der Waals surface area (Å²) in [5.41, 5.74) is 40.5. The molecule has 0 aliphatic heterocycles. The number of nitrogens with two attached hydrogens (primary N) is 7. The third-order valence-corrected chi connectivity index (χ3v) is 11.6. The van der Waals surface area contributed by atoms with Gasteiger partial charge >= 0.3 is 0 Å². The third-order valence-electron chi connectivity index (χ3n) is 11.6. The Morgan fingerprint density at radius 1 is 0.563 bits per heavy atom. The van der Waals surface area contributed by atoms with E-state index in [1.54, 1.807) is 25.3 Å². The number of Topliss-reactive ketones (excluding diaryl/α,β-unsaturated/α-hetero) is 3. The SMILES string of the molecule is C[C@H](NC(=O)[C@@H](C)Cc1cnc[nH]1)C(=O)C[C@@H](Cc1ccc(O)cc1)C(=O)N[C@@H](CCCN=C(N)N)C(=O)C[C@@H](Cc1cnc[nH]1)C(=O)N[C@@H](CCCN=C(N)N)C(=O)C[C@@H](CCCN=C(N)N)C(N)=O. The summed E-state index contributed by atoms with van der Waals surface area (Å²) in [5.74, 6) is -8.10. The maximum atomic E-state index is 14.5. The molecule has 0 spiro atoms. The maximum Gasteiger partial charge on any atom is 0.224 e. The molecule has 0 aliphatic carbocycles. The molecule has 3 rings (SSSR count). The zero-order valence-corrected chi connectivity index (χ0v) is 40.3. The summed E-state index contributed by atoms with van der Waals surface area (Å²) in [7, 11) is 0. The van der Waals surface area contributed by atoms with Gasteiger partial charge in [0.15, 0.2) is 35.2 Å². The second kappa shape index (κ2) is 29.9. The number of imidazole rings is 2. The number of H-pyrrole nitrogens is 2. The van der Waals surface area contributed by atoms with Crippen molar-refractivity contribution in [3.8, 4) is 5.75 Å². The largest absolute Gasteiger partial charge is 0.508 e. The highest BCUT2D eigenvalue weighted by molar-refractivity contribution is 5.97. The van der Waals surface area contributed by atoms with Gasteiger partial charge in [-0.2, -0.15) is 0 Å². The minimum Gasteiger partial charge on any atom is -0.508 e. The Balaban J connectivity index is 1.92. The topological polar surface area (TPSA) is 452 Å². The normalized spacial score (nSPS) is 13.9. The van der Waals surface area contributed by atoms with Crippen molar-refractivity contribution in [2.45, 2.75) is 109 Å². The van der Waals surface area contributed by atoms with Crippen LogP contribution in [0.25, 0.3) is 0 Å². The second-order valence-corrected chi connectivity index (χ2v) is 17.5. The van der Waals surface area contributed by atoms with Crippen LogP contribution < -0.4 is 56.1 Å².